The van der Waals surface area contributed by atoms with Crippen LogP contribution < -0.4 is 0 Å². The summed E-state index contributed by atoms with van der Waals surface area (Å²) in [6, 6.07) is 2.29. The molecule has 2 aromatic heterocycles. The number of aryl methyl sites for hydroxylation is 2. The molecule has 1 atom stereocenters. The van der Waals surface area contributed by atoms with Crippen LogP contribution in [-0.4, -0.2) is 38.2 Å². The maximum atomic E-state index is 12.6. The highest BCUT2D eigenvalue weighted by molar-refractivity contribution is 7.07. The first-order chi connectivity index (χ1) is 10.1. The lowest BCUT2D eigenvalue weighted by atomic mass is 10.0. The third-order valence-electron chi connectivity index (χ3n) is 4.03. The lowest BCUT2D eigenvalue weighted by Gasteiger charge is -2.35. The second-order valence-electron chi connectivity index (χ2n) is 5.63. The van der Waals surface area contributed by atoms with Crippen LogP contribution in [0.25, 0.3) is 0 Å². The number of piperidine rings is 1. The van der Waals surface area contributed by atoms with Crippen molar-refractivity contribution in [2.24, 2.45) is 0 Å². The van der Waals surface area contributed by atoms with Gasteiger partial charge in [-0.3, -0.25) is 9.48 Å². The monoisotopic (exact) mass is 304 g/mol. The molecule has 0 unspecified atom stereocenters. The average molecular weight is 304 g/mol. The van der Waals surface area contributed by atoms with Gasteiger partial charge in [-0.05, 0) is 39.2 Å². The molecule has 1 saturated heterocycles. The normalized spacial score (nSPS) is 19.0. The minimum atomic E-state index is 0.0579. The van der Waals surface area contributed by atoms with Crippen molar-refractivity contribution in [2.45, 2.75) is 45.7 Å². The molecule has 1 fully saturated rings. The van der Waals surface area contributed by atoms with Crippen LogP contribution in [0.4, 0.5) is 0 Å². The predicted molar refractivity (Wildman–Crippen MR) is 82.5 cm³/mol. The minimum Gasteiger partial charge on any atom is -0.332 e. The van der Waals surface area contributed by atoms with E-state index in [4.69, 9.17) is 0 Å². The van der Waals surface area contributed by atoms with Crippen molar-refractivity contribution in [2.75, 3.05) is 6.54 Å². The molecule has 0 radical (unpaired) electrons. The van der Waals surface area contributed by atoms with Crippen LogP contribution in [0.3, 0.4) is 0 Å². The molecule has 0 aromatic carbocycles. The first-order valence-corrected chi connectivity index (χ1v) is 8.29. The average Bonchev–Trinajstić information content (AvgIpc) is 3.09. The molecule has 3 rings (SSSR count). The number of likely N-dealkylation sites (tertiary alicyclic amines) is 1. The lowest BCUT2D eigenvalue weighted by Crippen LogP contribution is -2.46. The van der Waals surface area contributed by atoms with E-state index in [9.17, 15) is 4.79 Å². The Hall–Kier alpha value is -1.69. The Labute approximate surface area is 128 Å². The van der Waals surface area contributed by atoms with Crippen LogP contribution in [0, 0.1) is 13.8 Å². The highest BCUT2D eigenvalue weighted by atomic mass is 32.1. The Morgan fingerprint density at radius 2 is 2.29 bits per heavy atom. The fourth-order valence-electron chi connectivity index (χ4n) is 2.98. The third kappa shape index (κ3) is 3.00. The zero-order valence-corrected chi connectivity index (χ0v) is 13.3. The molecule has 2 aromatic rings. The maximum absolute atomic E-state index is 12.6. The van der Waals surface area contributed by atoms with Crippen LogP contribution in [0.15, 0.2) is 17.0 Å². The van der Waals surface area contributed by atoms with Crippen LogP contribution in [0.2, 0.25) is 0 Å². The SMILES string of the molecule is Cc1cc(C)n(C[C@@H]2CCCCN2C(=O)c2cscn2)n1. The van der Waals surface area contributed by atoms with Gasteiger partial charge in [0.1, 0.15) is 5.69 Å². The second-order valence-corrected chi connectivity index (χ2v) is 6.35. The largest absolute Gasteiger partial charge is 0.332 e. The Balaban J connectivity index is 1.78. The number of amides is 1. The first kappa shape index (κ1) is 14.3. The number of rotatable bonds is 3. The van der Waals surface area contributed by atoms with Crippen LogP contribution in [0.5, 0.6) is 0 Å². The van der Waals surface area contributed by atoms with Gasteiger partial charge in [-0.1, -0.05) is 0 Å². The zero-order valence-electron chi connectivity index (χ0n) is 12.5. The molecule has 1 aliphatic rings. The maximum Gasteiger partial charge on any atom is 0.273 e. The van der Waals surface area contributed by atoms with Crippen LogP contribution >= 0.6 is 11.3 Å². The van der Waals surface area contributed by atoms with Crippen molar-refractivity contribution in [3.8, 4) is 0 Å². The summed E-state index contributed by atoms with van der Waals surface area (Å²) in [7, 11) is 0. The molecule has 0 N–H and O–H groups in total. The van der Waals surface area contributed by atoms with E-state index in [0.29, 0.717) is 5.69 Å². The number of nitrogens with zero attached hydrogens (tertiary/aromatic N) is 4. The van der Waals surface area contributed by atoms with E-state index in [2.05, 4.69) is 23.1 Å². The molecular weight excluding hydrogens is 284 g/mol. The van der Waals surface area contributed by atoms with Crippen molar-refractivity contribution in [1.29, 1.82) is 0 Å². The number of carbonyl (C=O) groups is 1. The van der Waals surface area contributed by atoms with Gasteiger partial charge in [-0.2, -0.15) is 5.10 Å². The smallest absolute Gasteiger partial charge is 0.273 e. The Bertz CT molecular complexity index is 620. The highest BCUT2D eigenvalue weighted by Crippen LogP contribution is 2.21. The summed E-state index contributed by atoms with van der Waals surface area (Å²) >= 11 is 1.47. The Morgan fingerprint density at radius 1 is 1.43 bits per heavy atom. The molecule has 0 saturated carbocycles. The highest BCUT2D eigenvalue weighted by Gasteiger charge is 2.29. The fourth-order valence-corrected chi connectivity index (χ4v) is 3.51. The Morgan fingerprint density at radius 3 is 2.95 bits per heavy atom. The molecular formula is C15H20N4OS. The molecule has 0 bridgehead atoms. The van der Waals surface area contributed by atoms with Crippen molar-refractivity contribution < 1.29 is 4.79 Å². The molecule has 21 heavy (non-hydrogen) atoms. The number of aromatic nitrogens is 3. The van der Waals surface area contributed by atoms with Crippen molar-refractivity contribution in [3.63, 3.8) is 0 Å². The van der Waals surface area contributed by atoms with E-state index in [0.717, 1.165) is 37.3 Å². The van der Waals surface area contributed by atoms with Gasteiger partial charge in [0, 0.05) is 17.6 Å². The van der Waals surface area contributed by atoms with Gasteiger partial charge in [-0.15, -0.1) is 11.3 Å². The number of thiazole rings is 1. The molecule has 3 heterocycles. The van der Waals surface area contributed by atoms with E-state index in [1.165, 1.54) is 17.8 Å². The Kier molecular flexibility index (Phi) is 4.05. The van der Waals surface area contributed by atoms with Gasteiger partial charge in [0.25, 0.3) is 5.91 Å². The summed E-state index contributed by atoms with van der Waals surface area (Å²) in [5.74, 6) is 0.0579. The van der Waals surface area contributed by atoms with E-state index < -0.39 is 0 Å². The fraction of sp³-hybridized carbons (Fsp3) is 0.533. The van der Waals surface area contributed by atoms with E-state index >= 15 is 0 Å². The van der Waals surface area contributed by atoms with Gasteiger partial charge in [0.15, 0.2) is 0 Å². The summed E-state index contributed by atoms with van der Waals surface area (Å²) in [6.07, 6.45) is 3.28. The molecule has 1 amide bonds. The molecule has 5 nitrogen and oxygen atoms in total. The van der Waals surface area contributed by atoms with Crippen molar-refractivity contribution >= 4 is 17.2 Å². The predicted octanol–water partition coefficient (Wildman–Crippen LogP) is 2.65. The quantitative estimate of drug-likeness (QED) is 0.876. The number of hydrogen-bond donors (Lipinski definition) is 0. The number of hydrogen-bond acceptors (Lipinski definition) is 4. The van der Waals surface area contributed by atoms with Crippen molar-refractivity contribution in [1.82, 2.24) is 19.7 Å². The molecule has 6 heteroatoms. The molecule has 0 aliphatic carbocycles. The minimum absolute atomic E-state index is 0.0579. The zero-order chi connectivity index (χ0) is 14.8. The summed E-state index contributed by atoms with van der Waals surface area (Å²) in [5.41, 5.74) is 4.47. The van der Waals surface area contributed by atoms with Crippen molar-refractivity contribution in [3.05, 3.63) is 34.0 Å². The summed E-state index contributed by atoms with van der Waals surface area (Å²) in [4.78, 5) is 18.7. The summed E-state index contributed by atoms with van der Waals surface area (Å²) in [6.45, 7) is 5.66. The molecule has 112 valence electrons. The summed E-state index contributed by atoms with van der Waals surface area (Å²) in [5, 5.41) is 6.36. The molecule has 1 aliphatic heterocycles. The second kappa shape index (κ2) is 5.97. The van der Waals surface area contributed by atoms with Gasteiger partial charge >= 0.3 is 0 Å². The topological polar surface area (TPSA) is 51.0 Å². The van der Waals surface area contributed by atoms with E-state index in [1.807, 2.05) is 21.9 Å². The third-order valence-corrected chi connectivity index (χ3v) is 4.61. The van der Waals surface area contributed by atoms with E-state index in [1.54, 1.807) is 5.51 Å². The van der Waals surface area contributed by atoms with Crippen LogP contribution in [-0.2, 0) is 6.54 Å². The lowest BCUT2D eigenvalue weighted by molar-refractivity contribution is 0.0577. The summed E-state index contributed by atoms with van der Waals surface area (Å²) < 4.78 is 2.02. The molecule has 0 spiro atoms. The van der Waals surface area contributed by atoms with Crippen LogP contribution in [0.1, 0.15) is 41.1 Å². The standard InChI is InChI=1S/C15H20N4OS/c1-11-7-12(2)19(17-11)8-13-5-3-4-6-18(13)15(20)14-9-21-10-16-14/h7,9-10,13H,3-6,8H2,1-2H3/t13-/m0/s1. The first-order valence-electron chi connectivity index (χ1n) is 7.35. The van der Waals surface area contributed by atoms with Gasteiger partial charge < -0.3 is 4.90 Å². The van der Waals surface area contributed by atoms with Gasteiger partial charge in [-0.25, -0.2) is 4.98 Å². The number of carbonyl (C=O) groups excluding carboxylic acids is 1. The van der Waals surface area contributed by atoms with Gasteiger partial charge in [0.05, 0.1) is 23.8 Å². The van der Waals surface area contributed by atoms with E-state index in [-0.39, 0.29) is 11.9 Å². The van der Waals surface area contributed by atoms with Gasteiger partial charge in [0.2, 0.25) is 0 Å².